The van der Waals surface area contributed by atoms with E-state index in [4.69, 9.17) is 12.2 Å². The van der Waals surface area contributed by atoms with Crippen molar-refractivity contribution in [2.24, 2.45) is 0 Å². The first-order chi connectivity index (χ1) is 4.84. The van der Waals surface area contributed by atoms with Crippen LogP contribution < -0.4 is 0 Å². The SMILES string of the molecule is C[CH]C(=S)c1ccccc1. The highest BCUT2D eigenvalue weighted by molar-refractivity contribution is 7.81. The Balaban J connectivity index is 2.85. The molecule has 0 fully saturated rings. The fourth-order valence-corrected chi connectivity index (χ4v) is 0.905. The van der Waals surface area contributed by atoms with Gasteiger partial charge in [-0.3, -0.25) is 0 Å². The zero-order valence-electron chi connectivity index (χ0n) is 5.87. The summed E-state index contributed by atoms with van der Waals surface area (Å²) in [7, 11) is 0. The highest BCUT2D eigenvalue weighted by atomic mass is 32.1. The Morgan fingerprint density at radius 2 is 1.90 bits per heavy atom. The second-order valence-electron chi connectivity index (χ2n) is 2.02. The van der Waals surface area contributed by atoms with Gasteiger partial charge in [-0.05, 0) is 12.0 Å². The molecule has 0 heterocycles. The number of benzene rings is 1. The largest absolute Gasteiger partial charge is 0.0840 e. The number of thiocarbonyl (C=S) groups is 1. The van der Waals surface area contributed by atoms with Crippen LogP contribution >= 0.6 is 12.2 Å². The Morgan fingerprint density at radius 1 is 1.30 bits per heavy atom. The summed E-state index contributed by atoms with van der Waals surface area (Å²) in [4.78, 5) is 0.917. The molecule has 0 nitrogen and oxygen atoms in total. The first-order valence-corrected chi connectivity index (χ1v) is 3.64. The third-order valence-electron chi connectivity index (χ3n) is 1.32. The van der Waals surface area contributed by atoms with Crippen LogP contribution in [0.4, 0.5) is 0 Å². The molecule has 0 saturated carbocycles. The Bertz CT molecular complexity index is 213. The smallest absolute Gasteiger partial charge is 0.0259 e. The average molecular weight is 149 g/mol. The predicted octanol–water partition coefficient (Wildman–Crippen LogP) is 2.63. The van der Waals surface area contributed by atoms with Crippen LogP contribution in [0, 0.1) is 6.42 Å². The van der Waals surface area contributed by atoms with Crippen molar-refractivity contribution in [1.29, 1.82) is 0 Å². The van der Waals surface area contributed by atoms with Crippen LogP contribution in [0.1, 0.15) is 12.5 Å². The summed E-state index contributed by atoms with van der Waals surface area (Å²) in [6.45, 7) is 1.95. The summed E-state index contributed by atoms with van der Waals surface area (Å²) < 4.78 is 0. The van der Waals surface area contributed by atoms with Gasteiger partial charge in [0.15, 0.2) is 0 Å². The van der Waals surface area contributed by atoms with Gasteiger partial charge in [-0.2, -0.15) is 0 Å². The van der Waals surface area contributed by atoms with Gasteiger partial charge in [0.2, 0.25) is 0 Å². The predicted molar refractivity (Wildman–Crippen MR) is 48.1 cm³/mol. The van der Waals surface area contributed by atoms with Crippen LogP contribution in [0.2, 0.25) is 0 Å². The minimum Gasteiger partial charge on any atom is -0.0840 e. The lowest BCUT2D eigenvalue weighted by molar-refractivity contribution is 1.60. The van der Waals surface area contributed by atoms with Crippen LogP contribution in [0.3, 0.4) is 0 Å². The van der Waals surface area contributed by atoms with Gasteiger partial charge >= 0.3 is 0 Å². The second-order valence-corrected chi connectivity index (χ2v) is 2.46. The Hall–Kier alpha value is -0.690. The molecule has 0 amide bonds. The van der Waals surface area contributed by atoms with Crippen LogP contribution in [0.25, 0.3) is 0 Å². The summed E-state index contributed by atoms with van der Waals surface area (Å²) in [5.41, 5.74) is 1.13. The van der Waals surface area contributed by atoms with E-state index in [9.17, 15) is 0 Å². The van der Waals surface area contributed by atoms with Crippen molar-refractivity contribution >= 4 is 17.1 Å². The Labute approximate surface area is 66.9 Å². The third kappa shape index (κ3) is 1.64. The summed E-state index contributed by atoms with van der Waals surface area (Å²) in [5, 5.41) is 0. The number of hydrogen-bond donors (Lipinski definition) is 0. The van der Waals surface area contributed by atoms with Crippen molar-refractivity contribution in [1.82, 2.24) is 0 Å². The van der Waals surface area contributed by atoms with E-state index in [-0.39, 0.29) is 0 Å². The molecule has 1 radical (unpaired) electrons. The standard InChI is InChI=1S/C9H9S/c1-2-9(10)8-6-4-3-5-7-8/h2-7H,1H3. The van der Waals surface area contributed by atoms with E-state index in [0.29, 0.717) is 0 Å². The monoisotopic (exact) mass is 149 g/mol. The van der Waals surface area contributed by atoms with Gasteiger partial charge in [0.1, 0.15) is 0 Å². The number of rotatable bonds is 2. The second kappa shape index (κ2) is 3.47. The van der Waals surface area contributed by atoms with Crippen molar-refractivity contribution in [3.05, 3.63) is 42.3 Å². The molecular formula is C9H9S. The molecule has 0 N–H and O–H groups in total. The molecule has 1 rings (SSSR count). The zero-order valence-corrected chi connectivity index (χ0v) is 6.69. The fourth-order valence-electron chi connectivity index (χ4n) is 0.769. The van der Waals surface area contributed by atoms with Gasteiger partial charge in [-0.15, -0.1) is 0 Å². The van der Waals surface area contributed by atoms with Crippen molar-refractivity contribution in [3.8, 4) is 0 Å². The molecular weight excluding hydrogens is 140 g/mol. The molecule has 1 aromatic carbocycles. The van der Waals surface area contributed by atoms with Gasteiger partial charge < -0.3 is 0 Å². The molecule has 0 aliphatic rings. The van der Waals surface area contributed by atoms with E-state index in [2.05, 4.69) is 0 Å². The molecule has 10 heavy (non-hydrogen) atoms. The minimum atomic E-state index is 0.917. The van der Waals surface area contributed by atoms with E-state index >= 15 is 0 Å². The molecule has 0 aromatic heterocycles. The quantitative estimate of drug-likeness (QED) is 0.460. The first kappa shape index (κ1) is 7.42. The fraction of sp³-hybridized carbons (Fsp3) is 0.111. The van der Waals surface area contributed by atoms with Crippen LogP contribution in [0.15, 0.2) is 30.3 Å². The van der Waals surface area contributed by atoms with Gasteiger partial charge in [0.25, 0.3) is 0 Å². The molecule has 0 aliphatic heterocycles. The van der Waals surface area contributed by atoms with Crippen molar-refractivity contribution < 1.29 is 0 Å². The number of hydrogen-bond acceptors (Lipinski definition) is 1. The summed E-state index contributed by atoms with van der Waals surface area (Å²) in [5.74, 6) is 0. The first-order valence-electron chi connectivity index (χ1n) is 3.23. The van der Waals surface area contributed by atoms with E-state index in [1.54, 1.807) is 0 Å². The van der Waals surface area contributed by atoms with Gasteiger partial charge in [-0.1, -0.05) is 49.5 Å². The lowest BCUT2D eigenvalue weighted by Crippen LogP contribution is -1.93. The summed E-state index contributed by atoms with van der Waals surface area (Å²) in [6.07, 6.45) is 1.94. The molecule has 0 aliphatic carbocycles. The lowest BCUT2D eigenvalue weighted by atomic mass is 10.1. The van der Waals surface area contributed by atoms with Crippen molar-refractivity contribution in [2.75, 3.05) is 0 Å². The maximum Gasteiger partial charge on any atom is 0.0259 e. The highest BCUT2D eigenvalue weighted by Gasteiger charge is 1.94. The van der Waals surface area contributed by atoms with Crippen molar-refractivity contribution in [2.45, 2.75) is 6.92 Å². The average Bonchev–Trinajstić information content (AvgIpc) is 2.05. The van der Waals surface area contributed by atoms with E-state index in [1.165, 1.54) is 0 Å². The molecule has 0 unspecified atom stereocenters. The molecule has 0 bridgehead atoms. The molecule has 0 spiro atoms. The molecule has 0 saturated heterocycles. The van der Waals surface area contributed by atoms with E-state index in [1.807, 2.05) is 43.7 Å². The van der Waals surface area contributed by atoms with E-state index in [0.717, 1.165) is 10.4 Å². The van der Waals surface area contributed by atoms with Crippen LogP contribution in [-0.2, 0) is 0 Å². The van der Waals surface area contributed by atoms with E-state index < -0.39 is 0 Å². The molecule has 0 atom stereocenters. The maximum absolute atomic E-state index is 5.07. The summed E-state index contributed by atoms with van der Waals surface area (Å²) in [6, 6.07) is 10.0. The maximum atomic E-state index is 5.07. The normalized spacial score (nSPS) is 9.30. The highest BCUT2D eigenvalue weighted by Crippen LogP contribution is 2.02. The molecule has 51 valence electrons. The van der Waals surface area contributed by atoms with Gasteiger partial charge in [-0.25, -0.2) is 0 Å². The summed E-state index contributed by atoms with van der Waals surface area (Å²) >= 11 is 5.07. The minimum absolute atomic E-state index is 0.917. The van der Waals surface area contributed by atoms with Crippen LogP contribution in [-0.4, -0.2) is 4.86 Å². The molecule has 1 aromatic rings. The Kier molecular flexibility index (Phi) is 2.57. The van der Waals surface area contributed by atoms with Crippen LogP contribution in [0.5, 0.6) is 0 Å². The lowest BCUT2D eigenvalue weighted by Gasteiger charge is -1.96. The third-order valence-corrected chi connectivity index (χ3v) is 1.79. The van der Waals surface area contributed by atoms with Gasteiger partial charge in [0.05, 0.1) is 0 Å². The zero-order chi connectivity index (χ0) is 7.40. The van der Waals surface area contributed by atoms with Crippen molar-refractivity contribution in [3.63, 3.8) is 0 Å². The van der Waals surface area contributed by atoms with Gasteiger partial charge in [0, 0.05) is 4.86 Å². The molecule has 1 heteroatoms. The topological polar surface area (TPSA) is 0 Å². The Morgan fingerprint density at radius 3 is 2.40 bits per heavy atom.